The molecule has 2 N–H and O–H groups in total. The summed E-state index contributed by atoms with van der Waals surface area (Å²) in [6, 6.07) is 23.2. The molecular formula is C31H32N2O5. The maximum Gasteiger partial charge on any atom is 0.335 e. The zero-order valence-electron chi connectivity index (χ0n) is 21.5. The first kappa shape index (κ1) is 25.5. The number of ether oxygens (including phenoxy) is 1. The van der Waals surface area contributed by atoms with Gasteiger partial charge in [-0.05, 0) is 71.8 Å². The largest absolute Gasteiger partial charge is 0.489 e. The van der Waals surface area contributed by atoms with Crippen LogP contribution in [0.3, 0.4) is 0 Å². The van der Waals surface area contributed by atoms with E-state index in [0.29, 0.717) is 12.5 Å². The van der Waals surface area contributed by atoms with Gasteiger partial charge in [-0.3, -0.25) is 9.63 Å². The summed E-state index contributed by atoms with van der Waals surface area (Å²) in [5.41, 5.74) is 7.50. The second-order valence-electron chi connectivity index (χ2n) is 9.75. The van der Waals surface area contributed by atoms with Gasteiger partial charge in [0.15, 0.2) is 0 Å². The number of carbonyl (C=O) groups is 2. The van der Waals surface area contributed by atoms with Crippen molar-refractivity contribution in [3.05, 3.63) is 89.5 Å². The third kappa shape index (κ3) is 5.43. The Bertz CT molecular complexity index is 1420. The Balaban J connectivity index is 1.61. The molecule has 7 nitrogen and oxygen atoms in total. The number of carbonyl (C=O) groups excluding carboxylic acids is 1. The van der Waals surface area contributed by atoms with Crippen molar-refractivity contribution in [1.29, 1.82) is 0 Å². The average molecular weight is 513 g/mol. The Hall–Kier alpha value is -4.10. The summed E-state index contributed by atoms with van der Waals surface area (Å²) >= 11 is 0. The summed E-state index contributed by atoms with van der Waals surface area (Å²) in [5, 5.41) is 10.7. The zero-order valence-corrected chi connectivity index (χ0v) is 21.5. The number of nitrogens with zero attached hydrogens (tertiary/aromatic N) is 1. The molecule has 1 aliphatic rings. The van der Waals surface area contributed by atoms with E-state index < -0.39 is 5.97 Å². The number of amides is 1. The molecule has 0 aliphatic heterocycles. The highest BCUT2D eigenvalue weighted by Gasteiger charge is 2.28. The van der Waals surface area contributed by atoms with Crippen LogP contribution in [-0.4, -0.2) is 28.7 Å². The molecule has 0 saturated heterocycles. The van der Waals surface area contributed by atoms with E-state index in [1.54, 1.807) is 12.1 Å². The number of hydroxylamine groups is 1. The molecule has 3 aromatic carbocycles. The van der Waals surface area contributed by atoms with E-state index in [1.165, 1.54) is 19.1 Å². The highest BCUT2D eigenvalue weighted by Crippen LogP contribution is 2.44. The summed E-state index contributed by atoms with van der Waals surface area (Å²) in [5.74, 6) is -0.228. The van der Waals surface area contributed by atoms with Crippen LogP contribution in [0.1, 0.15) is 59.5 Å². The van der Waals surface area contributed by atoms with Gasteiger partial charge < -0.3 is 14.4 Å². The SMILES string of the molecule is CONC(=O)Cn1c(-c2ccc(OCc3ccccc3)cc2)c(C2CCCCC2)c2ccc(C(=O)O)cc21. The van der Waals surface area contributed by atoms with Crippen molar-refractivity contribution in [2.75, 3.05) is 7.11 Å². The van der Waals surface area contributed by atoms with E-state index in [4.69, 9.17) is 9.57 Å². The fraction of sp³-hybridized carbons (Fsp3) is 0.290. The number of benzene rings is 3. The smallest absolute Gasteiger partial charge is 0.335 e. The number of carboxylic acids is 1. The van der Waals surface area contributed by atoms with Crippen molar-refractivity contribution in [1.82, 2.24) is 10.0 Å². The summed E-state index contributed by atoms with van der Waals surface area (Å²) in [7, 11) is 1.40. The Labute approximate surface area is 222 Å². The van der Waals surface area contributed by atoms with Crippen molar-refractivity contribution in [2.45, 2.75) is 51.2 Å². The van der Waals surface area contributed by atoms with Crippen molar-refractivity contribution < 1.29 is 24.3 Å². The van der Waals surface area contributed by atoms with Gasteiger partial charge in [0.05, 0.1) is 23.9 Å². The number of aromatic nitrogens is 1. The lowest BCUT2D eigenvalue weighted by molar-refractivity contribution is -0.131. The van der Waals surface area contributed by atoms with Crippen LogP contribution in [-0.2, 0) is 22.8 Å². The predicted octanol–water partition coefficient (Wildman–Crippen LogP) is 6.31. The van der Waals surface area contributed by atoms with E-state index in [9.17, 15) is 14.7 Å². The molecule has 0 atom stereocenters. The van der Waals surface area contributed by atoms with Gasteiger partial charge in [-0.15, -0.1) is 0 Å². The molecule has 1 fully saturated rings. The van der Waals surface area contributed by atoms with Crippen LogP contribution in [0.15, 0.2) is 72.8 Å². The summed E-state index contributed by atoms with van der Waals surface area (Å²) < 4.78 is 7.93. The average Bonchev–Trinajstić information content (AvgIpc) is 3.26. The van der Waals surface area contributed by atoms with E-state index in [-0.39, 0.29) is 18.0 Å². The number of hydrogen-bond donors (Lipinski definition) is 2. The standard InChI is InChI=1S/C31H32N2O5/c1-37-32-28(34)19-33-27-18-24(31(35)36)14-17-26(27)29(22-10-6-3-7-11-22)30(33)23-12-15-25(16-13-23)38-20-21-8-4-2-5-9-21/h2,4-5,8-9,12-18,22H,3,6-7,10-11,19-20H2,1H3,(H,32,34)(H,35,36). The van der Waals surface area contributed by atoms with E-state index in [0.717, 1.165) is 59.2 Å². The predicted molar refractivity (Wildman–Crippen MR) is 146 cm³/mol. The molecule has 7 heteroatoms. The summed E-state index contributed by atoms with van der Waals surface area (Å²) in [6.07, 6.45) is 5.66. The lowest BCUT2D eigenvalue weighted by atomic mass is 9.82. The number of carboxylic acid groups (broad SMARTS) is 1. The first-order valence-electron chi connectivity index (χ1n) is 13.0. The number of aromatic carboxylic acids is 1. The number of hydrogen-bond acceptors (Lipinski definition) is 4. The van der Waals surface area contributed by atoms with Gasteiger partial charge in [0.25, 0.3) is 5.91 Å². The third-order valence-corrected chi connectivity index (χ3v) is 7.26. The maximum absolute atomic E-state index is 12.7. The second kappa shape index (κ2) is 11.5. The van der Waals surface area contributed by atoms with Gasteiger partial charge in [-0.25, -0.2) is 10.3 Å². The molecule has 1 amide bonds. The molecular weight excluding hydrogens is 480 g/mol. The fourth-order valence-electron chi connectivity index (χ4n) is 5.53. The normalized spacial score (nSPS) is 13.9. The lowest BCUT2D eigenvalue weighted by Gasteiger charge is -2.24. The number of rotatable bonds is 9. The molecule has 1 saturated carbocycles. The molecule has 0 radical (unpaired) electrons. The quantitative estimate of drug-likeness (QED) is 0.257. The van der Waals surface area contributed by atoms with Crippen molar-refractivity contribution >= 4 is 22.8 Å². The highest BCUT2D eigenvalue weighted by atomic mass is 16.6. The first-order chi connectivity index (χ1) is 18.5. The van der Waals surface area contributed by atoms with Crippen LogP contribution in [0.2, 0.25) is 0 Å². The molecule has 0 bridgehead atoms. The lowest BCUT2D eigenvalue weighted by Crippen LogP contribution is -2.26. The van der Waals surface area contributed by atoms with Gasteiger partial charge in [0.2, 0.25) is 0 Å². The zero-order chi connectivity index (χ0) is 26.5. The van der Waals surface area contributed by atoms with Crippen molar-refractivity contribution in [3.8, 4) is 17.0 Å². The van der Waals surface area contributed by atoms with E-state index in [2.05, 4.69) is 5.48 Å². The van der Waals surface area contributed by atoms with Crippen molar-refractivity contribution in [3.63, 3.8) is 0 Å². The minimum atomic E-state index is -0.998. The Kier molecular flexibility index (Phi) is 7.75. The van der Waals surface area contributed by atoms with Crippen LogP contribution >= 0.6 is 0 Å². The molecule has 0 unspecified atom stereocenters. The molecule has 0 spiro atoms. The summed E-state index contributed by atoms with van der Waals surface area (Å²) in [6.45, 7) is 0.477. The van der Waals surface area contributed by atoms with Crippen molar-refractivity contribution in [2.24, 2.45) is 0 Å². The van der Waals surface area contributed by atoms with Gasteiger partial charge in [0.1, 0.15) is 18.9 Å². The van der Waals surface area contributed by atoms with Crippen LogP contribution in [0.25, 0.3) is 22.2 Å². The first-order valence-corrected chi connectivity index (χ1v) is 13.0. The van der Waals surface area contributed by atoms with Crippen LogP contribution < -0.4 is 10.2 Å². The van der Waals surface area contributed by atoms with Gasteiger partial charge in [-0.2, -0.15) is 0 Å². The molecule has 1 aromatic heterocycles. The topological polar surface area (TPSA) is 89.8 Å². The minimum Gasteiger partial charge on any atom is -0.489 e. The Morgan fingerprint density at radius 3 is 2.39 bits per heavy atom. The number of nitrogens with one attached hydrogen (secondary N) is 1. The van der Waals surface area contributed by atoms with E-state index >= 15 is 0 Å². The number of fused-ring (bicyclic) bond motifs is 1. The fourth-order valence-corrected chi connectivity index (χ4v) is 5.53. The Morgan fingerprint density at radius 1 is 0.974 bits per heavy atom. The molecule has 1 heterocycles. The highest BCUT2D eigenvalue weighted by molar-refractivity contribution is 5.99. The molecule has 1 aliphatic carbocycles. The van der Waals surface area contributed by atoms with Crippen LogP contribution in [0.5, 0.6) is 5.75 Å². The molecule has 4 aromatic rings. The Morgan fingerprint density at radius 2 is 1.71 bits per heavy atom. The maximum atomic E-state index is 12.7. The van der Waals surface area contributed by atoms with Crippen LogP contribution in [0, 0.1) is 0 Å². The molecule has 5 rings (SSSR count). The summed E-state index contributed by atoms with van der Waals surface area (Å²) in [4.78, 5) is 29.4. The van der Waals surface area contributed by atoms with Gasteiger partial charge in [-0.1, -0.05) is 55.7 Å². The molecule has 38 heavy (non-hydrogen) atoms. The van der Waals surface area contributed by atoms with E-state index in [1.807, 2.05) is 65.2 Å². The minimum absolute atomic E-state index is 0.00171. The monoisotopic (exact) mass is 512 g/mol. The van der Waals surface area contributed by atoms with Crippen LogP contribution in [0.4, 0.5) is 0 Å². The third-order valence-electron chi connectivity index (χ3n) is 7.26. The van der Waals surface area contributed by atoms with Gasteiger partial charge >= 0.3 is 5.97 Å². The second-order valence-corrected chi connectivity index (χ2v) is 9.75. The molecule has 196 valence electrons. The van der Waals surface area contributed by atoms with Gasteiger partial charge in [0, 0.05) is 5.39 Å².